The van der Waals surface area contributed by atoms with Gasteiger partial charge < -0.3 is 26.1 Å². The average Bonchev–Trinajstić information content (AvgIpc) is 2.81. The Morgan fingerprint density at radius 2 is 2.36 bits per heavy atom. The molecule has 1 aromatic heterocycles. The number of anilines is 1. The van der Waals surface area contributed by atoms with Crippen molar-refractivity contribution in [3.8, 4) is 0 Å². The molecule has 5 N–H and O–H groups in total. The van der Waals surface area contributed by atoms with Crippen molar-refractivity contribution in [3.63, 3.8) is 0 Å². The first kappa shape index (κ1) is 14.6. The minimum atomic E-state index is 0.0787. The number of amidine groups is 1. The minimum absolute atomic E-state index is 0.0787. The number of hydrogen-bond donors (Lipinski definition) is 4. The number of aromatic nitrogens is 2. The Morgan fingerprint density at radius 1 is 1.50 bits per heavy atom. The number of rotatable bonds is 3. The predicted octanol–water partition coefficient (Wildman–Crippen LogP) is 1.55. The summed E-state index contributed by atoms with van der Waals surface area (Å²) in [6, 6.07) is 5.93. The van der Waals surface area contributed by atoms with Gasteiger partial charge in [-0.05, 0) is 38.6 Å². The minimum Gasteiger partial charge on any atom is -0.409 e. The molecule has 0 saturated carbocycles. The molecule has 2 heterocycles. The highest BCUT2D eigenvalue weighted by Crippen LogP contribution is 2.20. The second-order valence-electron chi connectivity index (χ2n) is 5.87. The van der Waals surface area contributed by atoms with E-state index in [0.29, 0.717) is 11.6 Å². The lowest BCUT2D eigenvalue weighted by Crippen LogP contribution is -2.32. The van der Waals surface area contributed by atoms with Crippen LogP contribution in [0.1, 0.15) is 24.8 Å². The molecular formula is C15H22N6O. The van der Waals surface area contributed by atoms with E-state index in [9.17, 15) is 0 Å². The van der Waals surface area contributed by atoms with Crippen molar-refractivity contribution in [2.75, 3.05) is 25.5 Å². The lowest BCUT2D eigenvalue weighted by atomic mass is 10.1. The Balaban J connectivity index is 1.86. The summed E-state index contributed by atoms with van der Waals surface area (Å²) in [6.07, 6.45) is 3.59. The van der Waals surface area contributed by atoms with E-state index >= 15 is 0 Å². The zero-order chi connectivity index (χ0) is 15.5. The number of aromatic amines is 1. The quantitative estimate of drug-likeness (QED) is 0.298. The molecule has 1 unspecified atom stereocenters. The molecule has 118 valence electrons. The van der Waals surface area contributed by atoms with Gasteiger partial charge in [0.2, 0.25) is 5.95 Å². The third-order valence-electron chi connectivity index (χ3n) is 4.12. The summed E-state index contributed by atoms with van der Waals surface area (Å²) in [6.45, 7) is 2.15. The number of benzene rings is 1. The zero-order valence-electron chi connectivity index (χ0n) is 12.7. The summed E-state index contributed by atoms with van der Waals surface area (Å²) >= 11 is 0. The average molecular weight is 302 g/mol. The number of H-pyrrole nitrogens is 1. The molecule has 2 aromatic rings. The standard InChI is InChI=1S/C15H22N6O/c1-21-8-3-2-5-10(9-21)17-15-18-12-7-4-6-11(13(12)19-15)14(16)20-22/h4,6-7,10,22H,2-3,5,8-9H2,1H3,(H2,16,20)(H2,17,18,19). The lowest BCUT2D eigenvalue weighted by Gasteiger charge is -2.20. The van der Waals surface area contributed by atoms with Gasteiger partial charge in [-0.2, -0.15) is 0 Å². The fourth-order valence-electron chi connectivity index (χ4n) is 3.01. The largest absolute Gasteiger partial charge is 0.409 e. The van der Waals surface area contributed by atoms with E-state index in [4.69, 9.17) is 10.9 Å². The first-order valence-corrected chi connectivity index (χ1v) is 7.59. The second kappa shape index (κ2) is 6.23. The summed E-state index contributed by atoms with van der Waals surface area (Å²) in [5.41, 5.74) is 7.95. The monoisotopic (exact) mass is 302 g/mol. The third-order valence-corrected chi connectivity index (χ3v) is 4.12. The number of oxime groups is 1. The molecule has 1 atom stereocenters. The maximum absolute atomic E-state index is 8.88. The van der Waals surface area contributed by atoms with E-state index in [1.165, 1.54) is 12.8 Å². The number of likely N-dealkylation sites (N-methyl/N-ethyl adjacent to an activating group) is 1. The number of nitrogens with zero attached hydrogens (tertiary/aromatic N) is 3. The molecule has 0 aliphatic carbocycles. The van der Waals surface area contributed by atoms with E-state index < -0.39 is 0 Å². The molecule has 7 heteroatoms. The van der Waals surface area contributed by atoms with Crippen LogP contribution in [0, 0.1) is 0 Å². The Kier molecular flexibility index (Phi) is 4.15. The van der Waals surface area contributed by atoms with Gasteiger partial charge in [0.25, 0.3) is 0 Å². The van der Waals surface area contributed by atoms with Gasteiger partial charge in [0.05, 0.1) is 11.0 Å². The summed E-state index contributed by atoms with van der Waals surface area (Å²) in [4.78, 5) is 10.2. The summed E-state index contributed by atoms with van der Waals surface area (Å²) in [5.74, 6) is 0.809. The molecule has 1 aliphatic heterocycles. The van der Waals surface area contributed by atoms with E-state index in [2.05, 4.69) is 32.4 Å². The number of fused-ring (bicyclic) bond motifs is 1. The summed E-state index contributed by atoms with van der Waals surface area (Å²) in [7, 11) is 2.15. The number of imidazole rings is 1. The normalized spacial score (nSPS) is 21.0. The van der Waals surface area contributed by atoms with Crippen LogP contribution < -0.4 is 11.1 Å². The van der Waals surface area contributed by atoms with E-state index in [-0.39, 0.29) is 5.84 Å². The van der Waals surface area contributed by atoms with Crippen LogP contribution in [0.25, 0.3) is 11.0 Å². The van der Waals surface area contributed by atoms with Crippen LogP contribution in [0.5, 0.6) is 0 Å². The van der Waals surface area contributed by atoms with Gasteiger partial charge in [0, 0.05) is 18.2 Å². The van der Waals surface area contributed by atoms with Crippen molar-refractivity contribution in [2.24, 2.45) is 10.9 Å². The molecule has 0 radical (unpaired) electrons. The van der Waals surface area contributed by atoms with Gasteiger partial charge in [-0.25, -0.2) is 4.98 Å². The zero-order valence-corrected chi connectivity index (χ0v) is 12.7. The van der Waals surface area contributed by atoms with Gasteiger partial charge >= 0.3 is 0 Å². The molecule has 0 amide bonds. The topological polar surface area (TPSA) is 103 Å². The lowest BCUT2D eigenvalue weighted by molar-refractivity contribution is 0.318. The third kappa shape index (κ3) is 2.99. The fraction of sp³-hybridized carbons (Fsp3) is 0.467. The van der Waals surface area contributed by atoms with Crippen molar-refractivity contribution in [1.29, 1.82) is 0 Å². The van der Waals surface area contributed by atoms with Gasteiger partial charge in [0.1, 0.15) is 0 Å². The number of nitrogens with two attached hydrogens (primary N) is 1. The first-order valence-electron chi connectivity index (χ1n) is 7.59. The molecule has 0 bridgehead atoms. The van der Waals surface area contributed by atoms with Crippen molar-refractivity contribution in [1.82, 2.24) is 14.9 Å². The predicted molar refractivity (Wildman–Crippen MR) is 87.4 cm³/mol. The summed E-state index contributed by atoms with van der Waals surface area (Å²) in [5, 5.41) is 15.4. The van der Waals surface area contributed by atoms with Crippen LogP contribution in [-0.2, 0) is 0 Å². The van der Waals surface area contributed by atoms with Crippen molar-refractivity contribution in [3.05, 3.63) is 23.8 Å². The molecule has 1 fully saturated rings. The Labute approximate surface area is 129 Å². The molecular weight excluding hydrogens is 280 g/mol. The molecule has 3 rings (SSSR count). The van der Waals surface area contributed by atoms with Crippen LogP contribution in [0.2, 0.25) is 0 Å². The smallest absolute Gasteiger partial charge is 0.201 e. The van der Waals surface area contributed by atoms with Crippen molar-refractivity contribution < 1.29 is 5.21 Å². The Hall–Kier alpha value is -2.28. The molecule has 22 heavy (non-hydrogen) atoms. The molecule has 7 nitrogen and oxygen atoms in total. The van der Waals surface area contributed by atoms with Crippen LogP contribution >= 0.6 is 0 Å². The van der Waals surface area contributed by atoms with Gasteiger partial charge in [0.15, 0.2) is 5.84 Å². The Morgan fingerprint density at radius 3 is 3.18 bits per heavy atom. The van der Waals surface area contributed by atoms with E-state index in [1.807, 2.05) is 12.1 Å². The van der Waals surface area contributed by atoms with Crippen LogP contribution in [0.15, 0.2) is 23.4 Å². The van der Waals surface area contributed by atoms with E-state index in [1.54, 1.807) is 6.07 Å². The number of likely N-dealkylation sites (tertiary alicyclic amines) is 1. The van der Waals surface area contributed by atoms with Crippen LogP contribution in [-0.4, -0.2) is 52.1 Å². The van der Waals surface area contributed by atoms with Crippen molar-refractivity contribution >= 4 is 22.8 Å². The van der Waals surface area contributed by atoms with Crippen molar-refractivity contribution in [2.45, 2.75) is 25.3 Å². The number of nitrogens with one attached hydrogen (secondary N) is 2. The fourth-order valence-corrected chi connectivity index (χ4v) is 3.01. The molecule has 0 spiro atoms. The molecule has 1 saturated heterocycles. The first-order chi connectivity index (χ1) is 10.7. The second-order valence-corrected chi connectivity index (χ2v) is 5.87. The number of hydrogen-bond acceptors (Lipinski definition) is 5. The highest BCUT2D eigenvalue weighted by Gasteiger charge is 2.17. The number of para-hydroxylation sites is 1. The maximum atomic E-state index is 8.88. The van der Waals surface area contributed by atoms with Crippen LogP contribution in [0.3, 0.4) is 0 Å². The SMILES string of the molecule is CN1CCCCC(Nc2nc3cccc(C(N)=NO)c3[nH]2)C1. The van der Waals surface area contributed by atoms with Gasteiger partial charge in [-0.3, -0.25) is 0 Å². The Bertz CT molecular complexity index is 680. The highest BCUT2D eigenvalue weighted by molar-refractivity contribution is 6.07. The van der Waals surface area contributed by atoms with E-state index in [0.717, 1.165) is 36.5 Å². The maximum Gasteiger partial charge on any atom is 0.201 e. The molecule has 1 aliphatic rings. The van der Waals surface area contributed by atoms with Gasteiger partial charge in [-0.1, -0.05) is 17.6 Å². The summed E-state index contributed by atoms with van der Waals surface area (Å²) < 4.78 is 0. The molecule has 1 aromatic carbocycles. The van der Waals surface area contributed by atoms with Crippen LogP contribution in [0.4, 0.5) is 5.95 Å². The van der Waals surface area contributed by atoms with Gasteiger partial charge in [-0.15, -0.1) is 0 Å². The highest BCUT2D eigenvalue weighted by atomic mass is 16.4.